The summed E-state index contributed by atoms with van der Waals surface area (Å²) in [6, 6.07) is 0.0556. The third-order valence-corrected chi connectivity index (χ3v) is 0.852. The molecule has 0 saturated heterocycles. The lowest BCUT2D eigenvalue weighted by atomic mass is 10.3. The molecular weight excluding hydrogens is 126 g/mol. The molecular formula is C5H12ClNO. The number of aliphatic hydroxyl groups is 1. The molecule has 50 valence electrons. The Bertz CT molecular complexity index is 54.4. The summed E-state index contributed by atoms with van der Waals surface area (Å²) < 4.78 is 0. The minimum atomic E-state index is 0. The Morgan fingerprint density at radius 3 is 2.38 bits per heavy atom. The molecule has 0 aromatic carbocycles. The van der Waals surface area contributed by atoms with Gasteiger partial charge < -0.3 is 10.4 Å². The fourth-order valence-corrected chi connectivity index (χ4v) is 0.284. The molecule has 0 aliphatic carbocycles. The largest absolute Gasteiger partial charge is 0.394 e. The van der Waals surface area contributed by atoms with E-state index in [-0.39, 0.29) is 25.1 Å². The van der Waals surface area contributed by atoms with Crippen LogP contribution < -0.4 is 5.32 Å². The molecule has 0 aliphatic heterocycles. The molecule has 0 rings (SSSR count). The van der Waals surface area contributed by atoms with Crippen LogP contribution in [0.3, 0.4) is 0 Å². The Balaban J connectivity index is 0. The van der Waals surface area contributed by atoms with Crippen LogP contribution >= 0.6 is 12.4 Å². The molecule has 0 saturated carbocycles. The SMILES string of the molecule is C=C[C@@H](CO)NC.Cl. The molecule has 8 heavy (non-hydrogen) atoms. The Morgan fingerprint density at radius 1 is 1.88 bits per heavy atom. The van der Waals surface area contributed by atoms with Crippen molar-refractivity contribution in [3.8, 4) is 0 Å². The number of nitrogens with one attached hydrogen (secondary N) is 1. The smallest absolute Gasteiger partial charge is 0.0620 e. The number of hydrogen-bond acceptors (Lipinski definition) is 2. The lowest BCUT2D eigenvalue weighted by Gasteiger charge is -2.03. The van der Waals surface area contributed by atoms with E-state index in [2.05, 4.69) is 11.9 Å². The minimum absolute atomic E-state index is 0. The first-order valence-electron chi connectivity index (χ1n) is 2.25. The molecule has 0 radical (unpaired) electrons. The van der Waals surface area contributed by atoms with Gasteiger partial charge in [0.15, 0.2) is 0 Å². The van der Waals surface area contributed by atoms with Crippen LogP contribution in [0, 0.1) is 0 Å². The van der Waals surface area contributed by atoms with Gasteiger partial charge in [-0.15, -0.1) is 19.0 Å². The number of halogens is 1. The van der Waals surface area contributed by atoms with Crippen molar-refractivity contribution in [3.63, 3.8) is 0 Å². The van der Waals surface area contributed by atoms with Crippen LogP contribution in [0.1, 0.15) is 0 Å². The van der Waals surface area contributed by atoms with Crippen LogP contribution in [0.2, 0.25) is 0 Å². The van der Waals surface area contributed by atoms with Gasteiger partial charge in [0, 0.05) is 6.04 Å². The molecule has 0 unspecified atom stereocenters. The van der Waals surface area contributed by atoms with Crippen molar-refractivity contribution in [1.82, 2.24) is 5.32 Å². The predicted octanol–water partition coefficient (Wildman–Crippen LogP) is 0.174. The fourth-order valence-electron chi connectivity index (χ4n) is 0.284. The van der Waals surface area contributed by atoms with Crippen LogP contribution in [-0.2, 0) is 0 Å². The highest BCUT2D eigenvalue weighted by atomic mass is 35.5. The molecule has 2 N–H and O–H groups in total. The molecule has 0 fully saturated rings. The van der Waals surface area contributed by atoms with Crippen LogP contribution in [0.25, 0.3) is 0 Å². The van der Waals surface area contributed by atoms with Crippen molar-refractivity contribution in [1.29, 1.82) is 0 Å². The topological polar surface area (TPSA) is 32.3 Å². The number of aliphatic hydroxyl groups excluding tert-OH is 1. The van der Waals surface area contributed by atoms with Gasteiger partial charge in [-0.1, -0.05) is 6.08 Å². The van der Waals surface area contributed by atoms with Gasteiger partial charge in [0.05, 0.1) is 6.61 Å². The van der Waals surface area contributed by atoms with Crippen LogP contribution in [-0.4, -0.2) is 24.8 Å². The van der Waals surface area contributed by atoms with Gasteiger partial charge in [-0.3, -0.25) is 0 Å². The number of likely N-dealkylation sites (N-methyl/N-ethyl adjacent to an activating group) is 1. The molecule has 0 heterocycles. The van der Waals surface area contributed by atoms with E-state index in [1.54, 1.807) is 13.1 Å². The quantitative estimate of drug-likeness (QED) is 0.544. The van der Waals surface area contributed by atoms with Crippen molar-refractivity contribution in [3.05, 3.63) is 12.7 Å². The van der Waals surface area contributed by atoms with E-state index in [4.69, 9.17) is 5.11 Å². The van der Waals surface area contributed by atoms with Gasteiger partial charge in [0.1, 0.15) is 0 Å². The summed E-state index contributed by atoms with van der Waals surface area (Å²) in [4.78, 5) is 0. The Labute approximate surface area is 56.0 Å². The van der Waals surface area contributed by atoms with E-state index in [9.17, 15) is 0 Å². The first-order chi connectivity index (χ1) is 3.35. The summed E-state index contributed by atoms with van der Waals surface area (Å²) in [5.74, 6) is 0. The average Bonchev–Trinajstić information content (AvgIpc) is 1.72. The lowest BCUT2D eigenvalue weighted by molar-refractivity contribution is 0.270. The molecule has 0 aromatic rings. The summed E-state index contributed by atoms with van der Waals surface area (Å²) in [5, 5.41) is 11.2. The van der Waals surface area contributed by atoms with Crippen molar-refractivity contribution in [2.75, 3.05) is 13.7 Å². The Hall–Kier alpha value is -0.0500. The van der Waals surface area contributed by atoms with E-state index in [1.165, 1.54) is 0 Å². The van der Waals surface area contributed by atoms with Gasteiger partial charge in [0.2, 0.25) is 0 Å². The second kappa shape index (κ2) is 6.95. The molecule has 2 nitrogen and oxygen atoms in total. The van der Waals surface area contributed by atoms with Gasteiger partial charge in [-0.05, 0) is 7.05 Å². The molecule has 0 aliphatic rings. The summed E-state index contributed by atoms with van der Waals surface area (Å²) in [6.45, 7) is 3.61. The highest BCUT2D eigenvalue weighted by Gasteiger charge is 1.92. The van der Waals surface area contributed by atoms with Gasteiger partial charge in [0.25, 0.3) is 0 Å². The summed E-state index contributed by atoms with van der Waals surface area (Å²) in [6.07, 6.45) is 1.67. The Morgan fingerprint density at radius 2 is 2.38 bits per heavy atom. The van der Waals surface area contributed by atoms with Gasteiger partial charge >= 0.3 is 0 Å². The fraction of sp³-hybridized carbons (Fsp3) is 0.600. The van der Waals surface area contributed by atoms with Crippen molar-refractivity contribution < 1.29 is 5.11 Å². The van der Waals surface area contributed by atoms with E-state index in [1.807, 2.05) is 0 Å². The van der Waals surface area contributed by atoms with Crippen LogP contribution in [0.5, 0.6) is 0 Å². The highest BCUT2D eigenvalue weighted by molar-refractivity contribution is 5.85. The lowest BCUT2D eigenvalue weighted by Crippen LogP contribution is -2.25. The molecule has 0 aromatic heterocycles. The zero-order valence-electron chi connectivity index (χ0n) is 4.92. The second-order valence-electron chi connectivity index (χ2n) is 1.31. The van der Waals surface area contributed by atoms with Gasteiger partial charge in [-0.25, -0.2) is 0 Å². The monoisotopic (exact) mass is 137 g/mol. The first kappa shape index (κ1) is 10.8. The van der Waals surface area contributed by atoms with E-state index in [0.29, 0.717) is 0 Å². The molecule has 1 atom stereocenters. The van der Waals surface area contributed by atoms with E-state index >= 15 is 0 Å². The molecule has 0 spiro atoms. The predicted molar refractivity (Wildman–Crippen MR) is 37.4 cm³/mol. The highest BCUT2D eigenvalue weighted by Crippen LogP contribution is 1.76. The summed E-state index contributed by atoms with van der Waals surface area (Å²) in [7, 11) is 1.78. The van der Waals surface area contributed by atoms with E-state index in [0.717, 1.165) is 0 Å². The van der Waals surface area contributed by atoms with Crippen LogP contribution in [0.15, 0.2) is 12.7 Å². The third-order valence-electron chi connectivity index (χ3n) is 0.852. The van der Waals surface area contributed by atoms with Gasteiger partial charge in [-0.2, -0.15) is 0 Å². The number of rotatable bonds is 3. The van der Waals surface area contributed by atoms with Crippen molar-refractivity contribution in [2.24, 2.45) is 0 Å². The summed E-state index contributed by atoms with van der Waals surface area (Å²) >= 11 is 0. The normalized spacial score (nSPS) is 11.8. The standard InChI is InChI=1S/C5H11NO.ClH/c1-3-5(4-7)6-2;/h3,5-7H,1,4H2,2H3;1H/t5-;/m0./s1. The Kier molecular flexibility index (Phi) is 9.42. The zero-order valence-corrected chi connectivity index (χ0v) is 5.74. The first-order valence-corrected chi connectivity index (χ1v) is 2.25. The molecule has 0 amide bonds. The average molecular weight is 138 g/mol. The number of hydrogen-bond donors (Lipinski definition) is 2. The maximum Gasteiger partial charge on any atom is 0.0620 e. The minimum Gasteiger partial charge on any atom is -0.394 e. The van der Waals surface area contributed by atoms with Crippen molar-refractivity contribution >= 4 is 12.4 Å². The zero-order chi connectivity index (χ0) is 5.70. The second-order valence-corrected chi connectivity index (χ2v) is 1.31. The van der Waals surface area contributed by atoms with Crippen molar-refractivity contribution in [2.45, 2.75) is 6.04 Å². The van der Waals surface area contributed by atoms with Crippen LogP contribution in [0.4, 0.5) is 0 Å². The maximum atomic E-state index is 8.39. The maximum absolute atomic E-state index is 8.39. The summed E-state index contributed by atoms with van der Waals surface area (Å²) in [5.41, 5.74) is 0. The molecule has 3 heteroatoms. The molecule has 0 bridgehead atoms. The van der Waals surface area contributed by atoms with E-state index < -0.39 is 0 Å². The third kappa shape index (κ3) is 4.12.